The van der Waals surface area contributed by atoms with Gasteiger partial charge in [0.25, 0.3) is 0 Å². The van der Waals surface area contributed by atoms with Crippen LogP contribution in [0.2, 0.25) is 0 Å². The monoisotopic (exact) mass is 482 g/mol. The Morgan fingerprint density at radius 2 is 2.06 bits per heavy atom. The number of aryl methyl sites for hydroxylation is 1. The van der Waals surface area contributed by atoms with Crippen LogP contribution in [0.4, 0.5) is 23.2 Å². The molecule has 2 fully saturated rings. The highest BCUT2D eigenvalue weighted by atomic mass is 32.2. The Labute approximate surface area is 192 Å². The first-order chi connectivity index (χ1) is 15.7. The third-order valence-electron chi connectivity index (χ3n) is 6.83. The first kappa shape index (κ1) is 22.4. The Bertz CT molecular complexity index is 1180. The van der Waals surface area contributed by atoms with Gasteiger partial charge < -0.3 is 8.98 Å². The van der Waals surface area contributed by atoms with Crippen LogP contribution in [-0.4, -0.2) is 44.6 Å². The predicted molar refractivity (Wildman–Crippen MR) is 116 cm³/mol. The van der Waals surface area contributed by atoms with Gasteiger partial charge in [-0.3, -0.25) is 4.48 Å². The van der Waals surface area contributed by atoms with E-state index in [2.05, 4.69) is 15.2 Å². The lowest BCUT2D eigenvalue weighted by atomic mass is 10.00. The van der Waals surface area contributed by atoms with Gasteiger partial charge in [-0.2, -0.15) is 17.6 Å². The van der Waals surface area contributed by atoms with Gasteiger partial charge in [0.15, 0.2) is 28.8 Å². The van der Waals surface area contributed by atoms with Crippen LogP contribution < -0.4 is 4.48 Å². The molecule has 0 N–H and O–H groups in total. The quantitative estimate of drug-likeness (QED) is 0.152. The van der Waals surface area contributed by atoms with E-state index in [-0.39, 0.29) is 11.7 Å². The molecule has 11 heteroatoms. The van der Waals surface area contributed by atoms with Crippen LogP contribution in [0, 0.1) is 18.7 Å². The van der Waals surface area contributed by atoms with E-state index < -0.39 is 17.6 Å². The van der Waals surface area contributed by atoms with Crippen molar-refractivity contribution in [2.75, 3.05) is 18.8 Å². The molecule has 1 unspecified atom stereocenters. The third-order valence-corrected chi connectivity index (χ3v) is 7.93. The number of hydrogen-bond donors (Lipinski definition) is 0. The molecule has 0 radical (unpaired) electrons. The number of rotatable bonds is 7. The highest BCUT2D eigenvalue weighted by Crippen LogP contribution is 2.51. The van der Waals surface area contributed by atoms with Crippen LogP contribution >= 0.6 is 11.8 Å². The average molecular weight is 483 g/mol. The van der Waals surface area contributed by atoms with Gasteiger partial charge in [0.05, 0.1) is 17.8 Å². The van der Waals surface area contributed by atoms with Crippen molar-refractivity contribution >= 4 is 17.4 Å². The molecule has 0 bridgehead atoms. The lowest BCUT2D eigenvalue weighted by Crippen LogP contribution is -2.30. The largest absolute Gasteiger partial charge is 0.440 e. The number of alkyl halides is 3. The zero-order valence-electron chi connectivity index (χ0n) is 18.3. The molecule has 33 heavy (non-hydrogen) atoms. The van der Waals surface area contributed by atoms with E-state index >= 15 is 0 Å². The number of aromatic nitrogens is 4. The predicted octanol–water partition coefficient (Wildman–Crippen LogP) is 5.22. The van der Waals surface area contributed by atoms with E-state index in [4.69, 9.17) is 4.42 Å². The summed E-state index contributed by atoms with van der Waals surface area (Å²) in [4.78, 5) is 4.09. The first-order valence-electron chi connectivity index (χ1n) is 10.9. The minimum Gasteiger partial charge on any atom is -0.440 e. The fraction of sp³-hybridized carbons (Fsp3) is 0.500. The van der Waals surface area contributed by atoms with Gasteiger partial charge in [-0.15, -0.1) is 10.2 Å². The van der Waals surface area contributed by atoms with Crippen molar-refractivity contribution < 1.29 is 22.0 Å². The number of thioether (sulfide) groups is 1. The summed E-state index contributed by atoms with van der Waals surface area (Å²) in [5.41, 5.74) is -0.214. The van der Waals surface area contributed by atoms with Crippen molar-refractivity contribution in [2.24, 2.45) is 13.0 Å². The molecule has 2 saturated heterocycles. The Kier molecular flexibility index (Phi) is 5.51. The second kappa shape index (κ2) is 8.12. The Balaban J connectivity index is 1.17. The van der Waals surface area contributed by atoms with E-state index in [9.17, 15) is 17.6 Å². The molecule has 0 saturated carbocycles. The van der Waals surface area contributed by atoms with Crippen molar-refractivity contribution in [2.45, 2.75) is 43.6 Å². The number of benzene rings is 1. The topological polar surface area (TPSA) is 56.7 Å². The molecule has 3 atom stereocenters. The summed E-state index contributed by atoms with van der Waals surface area (Å²) in [5.74, 6) is 1.35. The fourth-order valence-electron chi connectivity index (χ4n) is 5.12. The molecule has 5 rings (SSSR count). The van der Waals surface area contributed by atoms with Gasteiger partial charge in [-0.1, -0.05) is 17.8 Å². The smallest absolute Gasteiger partial charge is 0.419 e. The summed E-state index contributed by atoms with van der Waals surface area (Å²) in [6.45, 7) is 3.28. The normalized spacial score (nSPS) is 24.3. The minimum absolute atomic E-state index is 0.195. The summed E-state index contributed by atoms with van der Waals surface area (Å²) >= 11 is 1.61. The third kappa shape index (κ3) is 3.95. The van der Waals surface area contributed by atoms with Crippen molar-refractivity contribution in [3.63, 3.8) is 0 Å². The van der Waals surface area contributed by atoms with Crippen molar-refractivity contribution in [3.05, 3.63) is 41.7 Å². The summed E-state index contributed by atoms with van der Waals surface area (Å²) in [5, 5.41) is 9.23. The molecular weight excluding hydrogens is 458 g/mol. The second-order valence-corrected chi connectivity index (χ2v) is 9.98. The van der Waals surface area contributed by atoms with E-state index in [1.54, 1.807) is 11.8 Å². The van der Waals surface area contributed by atoms with Crippen molar-refractivity contribution in [3.8, 4) is 11.6 Å². The molecule has 2 aliphatic heterocycles. The molecule has 2 aliphatic rings. The van der Waals surface area contributed by atoms with Gasteiger partial charge in [-0.25, -0.2) is 4.98 Å². The van der Waals surface area contributed by atoms with Crippen LogP contribution in [0.3, 0.4) is 0 Å². The molecule has 0 spiro atoms. The van der Waals surface area contributed by atoms with E-state index in [1.807, 2.05) is 18.5 Å². The summed E-state index contributed by atoms with van der Waals surface area (Å²) < 4.78 is 61.8. The Morgan fingerprint density at radius 3 is 2.79 bits per heavy atom. The van der Waals surface area contributed by atoms with Crippen LogP contribution in [0.15, 0.2) is 34.2 Å². The number of halogens is 4. The first-order valence-corrected chi connectivity index (χ1v) is 11.8. The SMILES string of the molecule is Cc1ncoc1-c1nnc(SCCCC2C[C@@H]3C[N@@+]3(c3cccc(C(F)(F)F)c3F)C2)n1C. The zero-order valence-corrected chi connectivity index (χ0v) is 19.1. The standard InChI is InChI=1S/C22H24F4N5OS/c1-13-19(32-12-27-13)20-28-29-21(30(20)2)33-8-4-5-14-9-15-11-31(15,10-14)17-7-3-6-16(18(17)23)22(24,25)26/h3,6-7,12,14-15H,4-5,8-11H2,1-2H3/q+1/t14?,15-,31+/m1/s1. The molecule has 176 valence electrons. The Hall–Kier alpha value is -2.40. The molecule has 2 aromatic heterocycles. The molecule has 1 aromatic carbocycles. The number of piperidine rings is 1. The lowest BCUT2D eigenvalue weighted by Gasteiger charge is -2.20. The van der Waals surface area contributed by atoms with Crippen molar-refractivity contribution in [1.82, 2.24) is 24.2 Å². The molecule has 4 heterocycles. The van der Waals surface area contributed by atoms with Crippen LogP contribution in [-0.2, 0) is 13.2 Å². The van der Waals surface area contributed by atoms with Gasteiger partial charge >= 0.3 is 6.18 Å². The highest BCUT2D eigenvalue weighted by molar-refractivity contribution is 7.99. The zero-order chi connectivity index (χ0) is 23.4. The summed E-state index contributed by atoms with van der Waals surface area (Å²) in [7, 11) is 1.88. The number of hydrogen-bond acceptors (Lipinski definition) is 5. The highest BCUT2D eigenvalue weighted by Gasteiger charge is 2.64. The van der Waals surface area contributed by atoms with Gasteiger partial charge in [0.1, 0.15) is 12.6 Å². The maximum atomic E-state index is 14.7. The van der Waals surface area contributed by atoms with Crippen LogP contribution in [0.25, 0.3) is 11.6 Å². The van der Waals surface area contributed by atoms with Crippen LogP contribution in [0.5, 0.6) is 0 Å². The van der Waals surface area contributed by atoms with E-state index in [1.165, 1.54) is 18.5 Å². The maximum Gasteiger partial charge on any atom is 0.419 e. The van der Waals surface area contributed by atoms with Gasteiger partial charge in [-0.05, 0) is 25.8 Å². The Morgan fingerprint density at radius 1 is 1.24 bits per heavy atom. The number of quaternary nitrogens is 1. The summed E-state index contributed by atoms with van der Waals surface area (Å²) in [6.07, 6.45) is -0.465. The average Bonchev–Trinajstić information content (AvgIpc) is 3.06. The number of fused-ring (bicyclic) bond motifs is 1. The van der Waals surface area contributed by atoms with Gasteiger partial charge in [0.2, 0.25) is 5.82 Å². The fourth-order valence-corrected chi connectivity index (χ4v) is 6.00. The molecule has 0 amide bonds. The number of oxazole rings is 1. The second-order valence-electron chi connectivity index (χ2n) is 8.91. The van der Waals surface area contributed by atoms with Crippen molar-refractivity contribution in [1.29, 1.82) is 0 Å². The van der Waals surface area contributed by atoms with E-state index in [0.717, 1.165) is 48.5 Å². The molecule has 6 nitrogen and oxygen atoms in total. The molecule has 3 aromatic rings. The van der Waals surface area contributed by atoms with E-state index in [0.29, 0.717) is 28.5 Å². The van der Waals surface area contributed by atoms with Gasteiger partial charge in [0, 0.05) is 31.2 Å². The molecule has 0 aliphatic carbocycles. The van der Waals surface area contributed by atoms with Crippen LogP contribution in [0.1, 0.15) is 30.5 Å². The maximum absolute atomic E-state index is 14.7. The number of nitrogens with zero attached hydrogens (tertiary/aromatic N) is 5. The minimum atomic E-state index is -4.67. The summed E-state index contributed by atoms with van der Waals surface area (Å²) in [6, 6.07) is 3.89. The lowest BCUT2D eigenvalue weighted by molar-refractivity contribution is -0.140. The molecular formula is C22H24F4N5OS+.